The Morgan fingerprint density at radius 1 is 0.812 bits per heavy atom. The molecule has 0 aromatic heterocycles. The van der Waals surface area contributed by atoms with Gasteiger partial charge in [-0.3, -0.25) is 0 Å². The van der Waals surface area contributed by atoms with Gasteiger partial charge in [0.2, 0.25) is 0 Å². The van der Waals surface area contributed by atoms with E-state index in [0.29, 0.717) is 0 Å². The molecular weight excluding hydrogens is 194 g/mol. The summed E-state index contributed by atoms with van der Waals surface area (Å²) in [5.74, 6) is 0. The first-order valence-corrected chi connectivity index (χ1v) is 5.35. The van der Waals surface area contributed by atoms with E-state index in [0.717, 1.165) is 11.4 Å². The zero-order valence-electron chi connectivity index (χ0n) is 8.80. The molecule has 1 heterocycles. The van der Waals surface area contributed by atoms with E-state index in [-0.39, 0.29) is 0 Å². The van der Waals surface area contributed by atoms with Crippen LogP contribution in [0.1, 0.15) is 5.56 Å². The fraction of sp³-hybridized carbons (Fsp3) is 0. The number of fused-ring (bicyclic) bond motifs is 3. The first-order valence-electron chi connectivity index (χ1n) is 5.35. The van der Waals surface area contributed by atoms with Crippen LogP contribution in [0, 0.1) is 0 Å². The Bertz CT molecular complexity index is 569. The lowest BCUT2D eigenvalue weighted by Gasteiger charge is -1.99. The molecule has 0 saturated heterocycles. The molecule has 2 aliphatic rings. The minimum Gasteiger partial charge on any atom is -0.248 e. The van der Waals surface area contributed by atoms with Crippen molar-refractivity contribution in [1.82, 2.24) is 0 Å². The summed E-state index contributed by atoms with van der Waals surface area (Å²) in [4.78, 5) is 4.61. The molecule has 0 atom stereocenters. The van der Waals surface area contributed by atoms with Crippen LogP contribution in [0.15, 0.2) is 71.8 Å². The fourth-order valence-corrected chi connectivity index (χ4v) is 1.92. The van der Waals surface area contributed by atoms with Gasteiger partial charge in [-0.2, -0.15) is 0 Å². The number of benzene rings is 1. The highest BCUT2D eigenvalue weighted by molar-refractivity contribution is 6.33. The van der Waals surface area contributed by atoms with Gasteiger partial charge in [0.1, 0.15) is 0 Å². The topological polar surface area (TPSA) is 12.4 Å². The fourth-order valence-electron chi connectivity index (χ4n) is 1.92. The summed E-state index contributed by atoms with van der Waals surface area (Å²) in [6.07, 6.45) is 14.3. The van der Waals surface area contributed by atoms with Crippen LogP contribution >= 0.6 is 0 Å². The van der Waals surface area contributed by atoms with E-state index in [1.807, 2.05) is 30.4 Å². The minimum atomic E-state index is 1.04. The quantitative estimate of drug-likeness (QED) is 0.610. The van der Waals surface area contributed by atoms with Crippen LogP contribution in [0.5, 0.6) is 0 Å². The second-order valence-corrected chi connectivity index (χ2v) is 3.72. The van der Waals surface area contributed by atoms with Crippen molar-refractivity contribution in [2.75, 3.05) is 0 Å². The van der Waals surface area contributed by atoms with E-state index >= 15 is 0 Å². The van der Waals surface area contributed by atoms with Crippen molar-refractivity contribution in [3.05, 3.63) is 72.4 Å². The van der Waals surface area contributed by atoms with Crippen molar-refractivity contribution in [3.8, 4) is 0 Å². The summed E-state index contributed by atoms with van der Waals surface area (Å²) in [5.41, 5.74) is 4.52. The molecule has 1 heteroatoms. The molecule has 0 fully saturated rings. The third-order valence-corrected chi connectivity index (χ3v) is 2.67. The van der Waals surface area contributed by atoms with Gasteiger partial charge in [0.25, 0.3) is 0 Å². The maximum atomic E-state index is 4.61. The number of allylic oxidation sites excluding steroid dienone is 8. The molecule has 0 N–H and O–H groups in total. The number of hydrogen-bond acceptors (Lipinski definition) is 1. The smallest absolute Gasteiger partial charge is 0.0716 e. The van der Waals surface area contributed by atoms with Gasteiger partial charge >= 0.3 is 0 Å². The van der Waals surface area contributed by atoms with Crippen molar-refractivity contribution in [2.24, 2.45) is 4.99 Å². The third kappa shape index (κ3) is 1.47. The molecule has 76 valence electrons. The number of para-hydroxylation sites is 1. The van der Waals surface area contributed by atoms with Gasteiger partial charge in [-0.15, -0.1) is 0 Å². The Balaban J connectivity index is 2.19. The SMILES string of the molecule is C1=C/C=C\C2=Nc3ccccc3/C2=C\C=C1. The molecule has 16 heavy (non-hydrogen) atoms. The van der Waals surface area contributed by atoms with Crippen molar-refractivity contribution in [3.63, 3.8) is 0 Å². The Hall–Kier alpha value is -2.15. The van der Waals surface area contributed by atoms with Crippen molar-refractivity contribution < 1.29 is 0 Å². The highest BCUT2D eigenvalue weighted by Crippen LogP contribution is 2.35. The molecule has 1 aromatic carbocycles. The molecule has 1 aromatic rings. The highest BCUT2D eigenvalue weighted by atomic mass is 14.8. The van der Waals surface area contributed by atoms with Crippen LogP contribution in [0.25, 0.3) is 5.57 Å². The van der Waals surface area contributed by atoms with Crippen LogP contribution in [0.3, 0.4) is 0 Å². The molecule has 1 aliphatic carbocycles. The van der Waals surface area contributed by atoms with E-state index in [4.69, 9.17) is 0 Å². The van der Waals surface area contributed by atoms with Crippen LogP contribution < -0.4 is 0 Å². The highest BCUT2D eigenvalue weighted by Gasteiger charge is 2.17. The Kier molecular flexibility index (Phi) is 2.15. The van der Waals surface area contributed by atoms with E-state index in [9.17, 15) is 0 Å². The summed E-state index contributed by atoms with van der Waals surface area (Å²) in [5, 5.41) is 0. The van der Waals surface area contributed by atoms with E-state index in [1.165, 1.54) is 11.1 Å². The van der Waals surface area contributed by atoms with Gasteiger partial charge in [-0.05, 0) is 12.1 Å². The number of aliphatic imine (C=N–C) groups is 1. The second kappa shape index (κ2) is 3.78. The largest absolute Gasteiger partial charge is 0.248 e. The number of rotatable bonds is 0. The summed E-state index contributed by atoms with van der Waals surface area (Å²) in [6, 6.07) is 8.24. The van der Waals surface area contributed by atoms with Gasteiger partial charge in [-0.25, -0.2) is 4.99 Å². The van der Waals surface area contributed by atoms with Crippen LogP contribution in [-0.4, -0.2) is 5.71 Å². The minimum absolute atomic E-state index is 1.04. The maximum Gasteiger partial charge on any atom is 0.0716 e. The lowest BCUT2D eigenvalue weighted by Crippen LogP contribution is -1.91. The zero-order valence-corrected chi connectivity index (χ0v) is 8.80. The van der Waals surface area contributed by atoms with Crippen molar-refractivity contribution in [2.45, 2.75) is 0 Å². The van der Waals surface area contributed by atoms with Crippen LogP contribution in [0.2, 0.25) is 0 Å². The Morgan fingerprint density at radius 3 is 2.62 bits per heavy atom. The lowest BCUT2D eigenvalue weighted by atomic mass is 10.0. The zero-order chi connectivity index (χ0) is 10.8. The van der Waals surface area contributed by atoms with Gasteiger partial charge < -0.3 is 0 Å². The van der Waals surface area contributed by atoms with E-state index in [1.54, 1.807) is 0 Å². The van der Waals surface area contributed by atoms with Crippen molar-refractivity contribution in [1.29, 1.82) is 0 Å². The molecule has 1 aliphatic heterocycles. The average molecular weight is 205 g/mol. The predicted molar refractivity (Wildman–Crippen MR) is 68.9 cm³/mol. The molecule has 0 radical (unpaired) electrons. The summed E-state index contributed by atoms with van der Waals surface area (Å²) in [7, 11) is 0. The third-order valence-electron chi connectivity index (χ3n) is 2.67. The molecule has 0 unspecified atom stereocenters. The summed E-state index contributed by atoms with van der Waals surface area (Å²) < 4.78 is 0. The standard InChI is InChI=1S/C15H11N/c1-2-4-8-12-13-9-6-7-11-15(13)16-14(12)10-5-3-1/h1-11H/b2-1?,3-1?,4-2?,5-3?,8-4?,10-5-,12-8+,14-10?. The Labute approximate surface area is 94.8 Å². The Morgan fingerprint density at radius 2 is 1.62 bits per heavy atom. The molecular formula is C15H11N. The first-order chi connectivity index (χ1) is 7.95. The molecule has 0 spiro atoms. The molecule has 3 rings (SSSR count). The molecule has 0 bridgehead atoms. The van der Waals surface area contributed by atoms with Crippen LogP contribution in [-0.2, 0) is 0 Å². The average Bonchev–Trinajstić information content (AvgIpc) is 2.69. The van der Waals surface area contributed by atoms with Gasteiger partial charge in [0.15, 0.2) is 0 Å². The molecule has 0 amide bonds. The monoisotopic (exact) mass is 205 g/mol. The van der Waals surface area contributed by atoms with E-state index < -0.39 is 0 Å². The summed E-state index contributed by atoms with van der Waals surface area (Å²) >= 11 is 0. The van der Waals surface area contributed by atoms with Gasteiger partial charge in [0.05, 0.1) is 11.4 Å². The predicted octanol–water partition coefficient (Wildman–Crippen LogP) is 3.84. The molecule has 0 saturated carbocycles. The maximum absolute atomic E-state index is 4.61. The molecule has 1 nitrogen and oxygen atoms in total. The summed E-state index contributed by atoms with van der Waals surface area (Å²) in [6.45, 7) is 0. The van der Waals surface area contributed by atoms with E-state index in [2.05, 4.69) is 41.4 Å². The number of nitrogens with zero attached hydrogens (tertiary/aromatic N) is 1. The normalized spacial score (nSPS) is 22.0. The second-order valence-electron chi connectivity index (χ2n) is 3.72. The van der Waals surface area contributed by atoms with Gasteiger partial charge in [0, 0.05) is 11.1 Å². The number of hydrogen-bond donors (Lipinski definition) is 0. The van der Waals surface area contributed by atoms with Gasteiger partial charge in [-0.1, -0.05) is 54.7 Å². The van der Waals surface area contributed by atoms with Crippen molar-refractivity contribution >= 4 is 17.0 Å². The first kappa shape index (κ1) is 9.10. The van der Waals surface area contributed by atoms with Crippen LogP contribution in [0.4, 0.5) is 5.69 Å². The lowest BCUT2D eigenvalue weighted by molar-refractivity contribution is 1.54.